The molecule has 0 radical (unpaired) electrons. The van der Waals surface area contributed by atoms with Crippen LogP contribution in [0.4, 0.5) is 17.5 Å². The lowest BCUT2D eigenvalue weighted by Crippen LogP contribution is -2.15. The van der Waals surface area contributed by atoms with Gasteiger partial charge in [0.2, 0.25) is 11.8 Å². The van der Waals surface area contributed by atoms with E-state index in [0.717, 1.165) is 25.7 Å². The van der Waals surface area contributed by atoms with Crippen LogP contribution in [0.3, 0.4) is 0 Å². The van der Waals surface area contributed by atoms with Crippen molar-refractivity contribution in [2.45, 2.75) is 38.7 Å². The molecule has 1 aromatic rings. The van der Waals surface area contributed by atoms with Crippen LogP contribution in [0.1, 0.15) is 32.6 Å². The van der Waals surface area contributed by atoms with Gasteiger partial charge >= 0.3 is 5.69 Å². The normalized spacial score (nSPS) is 21.2. The highest BCUT2D eigenvalue weighted by Gasteiger charge is 2.24. The Balaban J connectivity index is 2.05. The van der Waals surface area contributed by atoms with Gasteiger partial charge < -0.3 is 15.7 Å². The number of nitrogens with zero attached hydrogens (tertiary/aromatic N) is 3. The molecule has 1 aromatic heterocycles. The fourth-order valence-electron chi connectivity index (χ4n) is 2.44. The fourth-order valence-corrected chi connectivity index (χ4v) is 2.44. The summed E-state index contributed by atoms with van der Waals surface area (Å²) in [4.78, 5) is 18.6. The molecule has 0 aliphatic heterocycles. The first kappa shape index (κ1) is 15.4. The fraction of sp³-hybridized carbons (Fsp3) is 0.692. The maximum Gasteiger partial charge on any atom is 0.329 e. The number of hydrogen-bond acceptors (Lipinski definition) is 7. The van der Waals surface area contributed by atoms with E-state index in [4.69, 9.17) is 0 Å². The van der Waals surface area contributed by atoms with E-state index >= 15 is 0 Å². The maximum absolute atomic E-state index is 11.0. The van der Waals surface area contributed by atoms with E-state index in [2.05, 4.69) is 20.6 Å². The Morgan fingerprint density at radius 2 is 2.29 bits per heavy atom. The van der Waals surface area contributed by atoms with Crippen molar-refractivity contribution in [3.05, 3.63) is 16.3 Å². The zero-order valence-electron chi connectivity index (χ0n) is 12.1. The van der Waals surface area contributed by atoms with E-state index in [1.807, 2.05) is 6.92 Å². The topological polar surface area (TPSA) is 113 Å². The molecule has 8 nitrogen and oxygen atoms in total. The second-order valence-corrected chi connectivity index (χ2v) is 5.33. The van der Waals surface area contributed by atoms with Crippen molar-refractivity contribution in [3.8, 4) is 0 Å². The van der Waals surface area contributed by atoms with Gasteiger partial charge in [-0.15, -0.1) is 0 Å². The molecular weight excluding hydrogens is 274 g/mol. The minimum atomic E-state index is -0.491. The maximum atomic E-state index is 11.0. The summed E-state index contributed by atoms with van der Waals surface area (Å²) in [5.74, 6) is 0.938. The average Bonchev–Trinajstić information content (AvgIpc) is 2.88. The lowest BCUT2D eigenvalue weighted by molar-refractivity contribution is -0.384. The monoisotopic (exact) mass is 295 g/mol. The lowest BCUT2D eigenvalue weighted by atomic mass is 10.1. The Morgan fingerprint density at radius 1 is 1.48 bits per heavy atom. The van der Waals surface area contributed by atoms with E-state index < -0.39 is 4.92 Å². The average molecular weight is 295 g/mol. The molecule has 1 fully saturated rings. The smallest absolute Gasteiger partial charge is 0.329 e. The lowest BCUT2D eigenvalue weighted by Gasteiger charge is -2.12. The zero-order chi connectivity index (χ0) is 15.2. The van der Waals surface area contributed by atoms with Crippen LogP contribution >= 0.6 is 0 Å². The Hall–Kier alpha value is -1.96. The third-order valence-corrected chi connectivity index (χ3v) is 3.57. The Bertz CT molecular complexity index is 497. The van der Waals surface area contributed by atoms with Gasteiger partial charge in [0.15, 0.2) is 0 Å². The van der Waals surface area contributed by atoms with Gasteiger partial charge in [-0.1, -0.05) is 6.92 Å². The molecule has 2 atom stereocenters. The molecule has 21 heavy (non-hydrogen) atoms. The predicted octanol–water partition coefficient (Wildman–Crippen LogP) is 1.78. The summed E-state index contributed by atoms with van der Waals surface area (Å²) in [6.45, 7) is 3.30. The molecule has 0 spiro atoms. The molecule has 1 heterocycles. The molecule has 8 heteroatoms. The SMILES string of the molecule is CCCNc1ncc([N+](=O)[O-])c(NCC2CCC(O)C2)n1. The molecule has 1 aliphatic rings. The molecule has 0 bridgehead atoms. The molecule has 0 amide bonds. The van der Waals surface area contributed by atoms with Gasteiger partial charge in [-0.25, -0.2) is 4.98 Å². The van der Waals surface area contributed by atoms with Crippen molar-refractivity contribution in [2.24, 2.45) is 5.92 Å². The number of nitro groups is 1. The minimum Gasteiger partial charge on any atom is -0.393 e. The van der Waals surface area contributed by atoms with Crippen LogP contribution in [0.25, 0.3) is 0 Å². The van der Waals surface area contributed by atoms with Gasteiger partial charge in [0, 0.05) is 13.1 Å². The summed E-state index contributed by atoms with van der Waals surface area (Å²) in [6.07, 6.45) is 4.33. The highest BCUT2D eigenvalue weighted by atomic mass is 16.6. The standard InChI is InChI=1S/C13H21N5O3/c1-2-5-14-13-16-8-11(18(20)21)12(17-13)15-7-9-3-4-10(19)6-9/h8-10,19H,2-7H2,1H3,(H2,14,15,16,17). The number of aliphatic hydroxyl groups excluding tert-OH is 1. The van der Waals surface area contributed by atoms with E-state index in [9.17, 15) is 15.2 Å². The van der Waals surface area contributed by atoms with Crippen LogP contribution in [-0.2, 0) is 0 Å². The van der Waals surface area contributed by atoms with E-state index in [-0.39, 0.29) is 17.6 Å². The quantitative estimate of drug-likeness (QED) is 0.519. The molecule has 116 valence electrons. The summed E-state index contributed by atoms with van der Waals surface area (Å²) >= 11 is 0. The van der Waals surface area contributed by atoms with E-state index in [1.54, 1.807) is 0 Å². The summed E-state index contributed by atoms with van der Waals surface area (Å²) in [7, 11) is 0. The summed E-state index contributed by atoms with van der Waals surface area (Å²) in [5.41, 5.74) is -0.129. The zero-order valence-corrected chi connectivity index (χ0v) is 12.1. The number of rotatable bonds is 7. The second kappa shape index (κ2) is 7.16. The number of aromatic nitrogens is 2. The van der Waals surface area contributed by atoms with Gasteiger partial charge in [-0.05, 0) is 31.6 Å². The summed E-state index contributed by atoms with van der Waals surface area (Å²) in [5, 5.41) is 26.6. The number of nitrogens with one attached hydrogen (secondary N) is 2. The van der Waals surface area contributed by atoms with E-state index in [1.165, 1.54) is 6.20 Å². The third-order valence-electron chi connectivity index (χ3n) is 3.57. The van der Waals surface area contributed by atoms with Crippen LogP contribution in [0.2, 0.25) is 0 Å². The van der Waals surface area contributed by atoms with Gasteiger partial charge in [0.25, 0.3) is 0 Å². The van der Waals surface area contributed by atoms with Gasteiger partial charge in [-0.2, -0.15) is 4.98 Å². The van der Waals surface area contributed by atoms with E-state index in [0.29, 0.717) is 25.0 Å². The number of hydrogen-bond donors (Lipinski definition) is 3. The van der Waals surface area contributed by atoms with Crippen LogP contribution in [-0.4, -0.2) is 39.2 Å². The molecule has 0 saturated heterocycles. The Labute approximate surface area is 123 Å². The Morgan fingerprint density at radius 3 is 2.90 bits per heavy atom. The van der Waals surface area contributed by atoms with Crippen LogP contribution in [0.15, 0.2) is 6.20 Å². The van der Waals surface area contributed by atoms with Crippen LogP contribution < -0.4 is 10.6 Å². The van der Waals surface area contributed by atoms with Crippen molar-refractivity contribution in [1.82, 2.24) is 9.97 Å². The molecule has 2 rings (SSSR count). The third kappa shape index (κ3) is 4.25. The van der Waals surface area contributed by atoms with Gasteiger partial charge in [0.05, 0.1) is 11.0 Å². The molecule has 1 aliphatic carbocycles. The molecule has 3 N–H and O–H groups in total. The largest absolute Gasteiger partial charge is 0.393 e. The predicted molar refractivity (Wildman–Crippen MR) is 79.3 cm³/mol. The first-order chi connectivity index (χ1) is 10.1. The molecule has 1 saturated carbocycles. The van der Waals surface area contributed by atoms with Gasteiger partial charge in [0.1, 0.15) is 6.20 Å². The van der Waals surface area contributed by atoms with Crippen molar-refractivity contribution < 1.29 is 10.0 Å². The first-order valence-electron chi connectivity index (χ1n) is 7.27. The minimum absolute atomic E-state index is 0.129. The molecule has 2 unspecified atom stereocenters. The summed E-state index contributed by atoms with van der Waals surface area (Å²) < 4.78 is 0. The first-order valence-corrected chi connectivity index (χ1v) is 7.27. The second-order valence-electron chi connectivity index (χ2n) is 5.33. The number of aliphatic hydroxyl groups is 1. The van der Waals surface area contributed by atoms with Crippen LogP contribution in [0.5, 0.6) is 0 Å². The van der Waals surface area contributed by atoms with Crippen molar-refractivity contribution in [2.75, 3.05) is 23.7 Å². The molecule has 0 aromatic carbocycles. The van der Waals surface area contributed by atoms with Crippen molar-refractivity contribution in [1.29, 1.82) is 0 Å². The number of anilines is 2. The highest BCUT2D eigenvalue weighted by Crippen LogP contribution is 2.27. The Kier molecular flexibility index (Phi) is 5.26. The molecular formula is C13H21N5O3. The summed E-state index contributed by atoms with van der Waals surface area (Å²) in [6, 6.07) is 0. The van der Waals surface area contributed by atoms with Gasteiger partial charge in [-0.3, -0.25) is 10.1 Å². The van der Waals surface area contributed by atoms with Crippen molar-refractivity contribution >= 4 is 17.5 Å². The van der Waals surface area contributed by atoms with Crippen LogP contribution in [0, 0.1) is 16.0 Å². The van der Waals surface area contributed by atoms with Crippen molar-refractivity contribution in [3.63, 3.8) is 0 Å². The highest BCUT2D eigenvalue weighted by molar-refractivity contribution is 5.56.